The second-order valence-electron chi connectivity index (χ2n) is 8.35. The number of aromatic nitrogens is 1. The van der Waals surface area contributed by atoms with Crippen LogP contribution < -0.4 is 10.0 Å². The molecule has 34 heavy (non-hydrogen) atoms. The van der Waals surface area contributed by atoms with Crippen molar-refractivity contribution in [1.82, 2.24) is 9.88 Å². The summed E-state index contributed by atoms with van der Waals surface area (Å²) < 4.78 is 28.2. The van der Waals surface area contributed by atoms with Crippen molar-refractivity contribution in [2.24, 2.45) is 5.92 Å². The molecule has 1 saturated heterocycles. The highest BCUT2D eigenvalue weighted by atomic mass is 32.2. The Morgan fingerprint density at radius 1 is 1.06 bits per heavy atom. The number of benzene rings is 2. The number of nitrogens with zero attached hydrogens (tertiary/aromatic N) is 2. The smallest absolute Gasteiger partial charge is 0.261 e. The van der Waals surface area contributed by atoms with E-state index in [1.165, 1.54) is 23.5 Å². The molecule has 1 aromatic heterocycles. The van der Waals surface area contributed by atoms with E-state index >= 15 is 0 Å². The summed E-state index contributed by atoms with van der Waals surface area (Å²) in [6.45, 7) is 4.64. The third-order valence-electron chi connectivity index (χ3n) is 5.70. The van der Waals surface area contributed by atoms with Gasteiger partial charge in [-0.2, -0.15) is 0 Å². The first-order valence-corrected chi connectivity index (χ1v) is 13.3. The van der Waals surface area contributed by atoms with Gasteiger partial charge in [-0.05, 0) is 57.0 Å². The fourth-order valence-electron chi connectivity index (χ4n) is 3.78. The lowest BCUT2D eigenvalue weighted by molar-refractivity contribution is -0.121. The van der Waals surface area contributed by atoms with Crippen molar-refractivity contribution >= 4 is 44.0 Å². The molecule has 0 saturated carbocycles. The second kappa shape index (κ2) is 9.94. The van der Waals surface area contributed by atoms with Gasteiger partial charge in [0.2, 0.25) is 5.91 Å². The van der Waals surface area contributed by atoms with E-state index in [-0.39, 0.29) is 22.6 Å². The quantitative estimate of drug-likeness (QED) is 0.533. The van der Waals surface area contributed by atoms with Crippen molar-refractivity contribution in [2.75, 3.05) is 23.1 Å². The number of likely N-dealkylation sites (tertiary alicyclic amines) is 1. The van der Waals surface area contributed by atoms with Gasteiger partial charge >= 0.3 is 0 Å². The number of piperidine rings is 1. The summed E-state index contributed by atoms with van der Waals surface area (Å²) in [6.07, 6.45) is 1.07. The topological polar surface area (TPSA) is 108 Å². The number of amides is 2. The van der Waals surface area contributed by atoms with Gasteiger partial charge < -0.3 is 10.2 Å². The van der Waals surface area contributed by atoms with Crippen LogP contribution in [0, 0.1) is 19.8 Å². The maximum Gasteiger partial charge on any atom is 0.261 e. The van der Waals surface area contributed by atoms with E-state index < -0.39 is 10.0 Å². The first kappa shape index (κ1) is 23.9. The molecule has 0 radical (unpaired) electrons. The van der Waals surface area contributed by atoms with Crippen molar-refractivity contribution in [3.63, 3.8) is 0 Å². The normalized spacial score (nSPS) is 14.6. The summed E-state index contributed by atoms with van der Waals surface area (Å²) in [6, 6.07) is 13.0. The van der Waals surface area contributed by atoms with Gasteiger partial charge in [-0.3, -0.25) is 14.3 Å². The van der Waals surface area contributed by atoms with Gasteiger partial charge in [-0.1, -0.05) is 23.8 Å². The number of carbonyl (C=O) groups is 2. The molecule has 0 bridgehead atoms. The molecule has 3 aromatic rings. The van der Waals surface area contributed by atoms with Crippen LogP contribution in [0.5, 0.6) is 0 Å². The van der Waals surface area contributed by atoms with Gasteiger partial charge in [0.25, 0.3) is 15.9 Å². The zero-order valence-electron chi connectivity index (χ0n) is 18.9. The van der Waals surface area contributed by atoms with E-state index in [1.54, 1.807) is 29.2 Å². The van der Waals surface area contributed by atoms with E-state index in [4.69, 9.17) is 0 Å². The van der Waals surface area contributed by atoms with Gasteiger partial charge in [-0.15, -0.1) is 11.3 Å². The van der Waals surface area contributed by atoms with Crippen molar-refractivity contribution < 1.29 is 18.0 Å². The van der Waals surface area contributed by atoms with Gasteiger partial charge in [0.1, 0.15) is 0 Å². The van der Waals surface area contributed by atoms with Crippen LogP contribution in [-0.2, 0) is 14.8 Å². The third kappa shape index (κ3) is 5.63. The van der Waals surface area contributed by atoms with E-state index in [9.17, 15) is 18.0 Å². The number of sulfonamides is 1. The van der Waals surface area contributed by atoms with Gasteiger partial charge in [-0.25, -0.2) is 13.4 Å². The monoisotopic (exact) mass is 498 g/mol. The third-order valence-corrected chi connectivity index (χ3v) is 7.95. The second-order valence-corrected chi connectivity index (χ2v) is 10.9. The molecule has 2 N–H and O–H groups in total. The van der Waals surface area contributed by atoms with E-state index in [0.29, 0.717) is 42.3 Å². The summed E-state index contributed by atoms with van der Waals surface area (Å²) in [5, 5.41) is 5.30. The average molecular weight is 499 g/mol. The Bertz CT molecular complexity index is 1290. The number of rotatable bonds is 6. The van der Waals surface area contributed by atoms with Crippen LogP contribution in [0.2, 0.25) is 0 Å². The molecular formula is C24H26N4O4S2. The number of hydrogen-bond donors (Lipinski definition) is 2. The Kier molecular flexibility index (Phi) is 6.99. The van der Waals surface area contributed by atoms with Crippen molar-refractivity contribution in [1.29, 1.82) is 0 Å². The van der Waals surface area contributed by atoms with Crippen LogP contribution in [0.3, 0.4) is 0 Å². The number of nitrogens with one attached hydrogen (secondary N) is 2. The highest BCUT2D eigenvalue weighted by molar-refractivity contribution is 7.92. The molecule has 2 amide bonds. The Morgan fingerprint density at radius 2 is 1.76 bits per heavy atom. The minimum atomic E-state index is -3.84. The molecule has 2 aromatic carbocycles. The van der Waals surface area contributed by atoms with Crippen LogP contribution in [0.1, 0.15) is 34.5 Å². The average Bonchev–Trinajstić information content (AvgIpc) is 3.24. The minimum absolute atomic E-state index is 0.0203. The molecular weight excluding hydrogens is 472 g/mol. The number of anilines is 2. The summed E-state index contributed by atoms with van der Waals surface area (Å²) in [5.41, 5.74) is 2.64. The van der Waals surface area contributed by atoms with Crippen LogP contribution in [0.4, 0.5) is 10.8 Å². The summed E-state index contributed by atoms with van der Waals surface area (Å²) in [5.74, 6) is -0.530. The molecule has 0 atom stereocenters. The first-order chi connectivity index (χ1) is 16.2. The SMILES string of the molecule is Cc1ccc(NS(=O)(=O)c2cccc(C(=O)N3CCC(C(=O)Nc4nc(C)cs4)CC3)c2)cc1. The zero-order valence-corrected chi connectivity index (χ0v) is 20.6. The van der Waals surface area contributed by atoms with Gasteiger partial charge in [0, 0.05) is 35.6 Å². The molecule has 0 spiro atoms. The Balaban J connectivity index is 1.38. The van der Waals surface area contributed by atoms with E-state index in [2.05, 4.69) is 15.0 Å². The Labute approximate surface area is 203 Å². The van der Waals surface area contributed by atoms with Crippen molar-refractivity contribution in [2.45, 2.75) is 31.6 Å². The Morgan fingerprint density at radius 3 is 2.41 bits per heavy atom. The maximum absolute atomic E-state index is 13.0. The fourth-order valence-corrected chi connectivity index (χ4v) is 5.57. The lowest BCUT2D eigenvalue weighted by Crippen LogP contribution is -2.41. The molecule has 1 fully saturated rings. The molecule has 0 unspecified atom stereocenters. The van der Waals surface area contributed by atoms with Gasteiger partial charge in [0.15, 0.2) is 5.13 Å². The molecule has 1 aliphatic heterocycles. The number of hydrogen-bond acceptors (Lipinski definition) is 6. The summed E-state index contributed by atoms with van der Waals surface area (Å²) >= 11 is 1.39. The number of aryl methyl sites for hydroxylation is 2. The molecule has 0 aliphatic carbocycles. The molecule has 8 nitrogen and oxygen atoms in total. The van der Waals surface area contributed by atoms with Crippen molar-refractivity contribution in [3.05, 3.63) is 70.7 Å². The van der Waals surface area contributed by atoms with Crippen LogP contribution in [0.15, 0.2) is 58.8 Å². The highest BCUT2D eigenvalue weighted by Crippen LogP contribution is 2.24. The largest absolute Gasteiger partial charge is 0.339 e. The standard InChI is InChI=1S/C24H26N4O4S2/c1-16-6-8-20(9-7-16)27-34(31,32)21-5-3-4-19(14-21)23(30)28-12-10-18(11-13-28)22(29)26-24-25-17(2)15-33-24/h3-9,14-15,18,27H,10-13H2,1-2H3,(H,25,26,29). The van der Waals surface area contributed by atoms with E-state index in [0.717, 1.165) is 11.3 Å². The number of carbonyl (C=O) groups excluding carboxylic acids is 2. The number of thiazole rings is 1. The fraction of sp³-hybridized carbons (Fsp3) is 0.292. The summed E-state index contributed by atoms with van der Waals surface area (Å²) in [7, 11) is -3.84. The van der Waals surface area contributed by atoms with Crippen LogP contribution in [0.25, 0.3) is 0 Å². The van der Waals surface area contributed by atoms with Crippen molar-refractivity contribution in [3.8, 4) is 0 Å². The molecule has 10 heteroatoms. The van der Waals surface area contributed by atoms with E-state index in [1.807, 2.05) is 31.4 Å². The van der Waals surface area contributed by atoms with Crippen LogP contribution in [-0.4, -0.2) is 43.2 Å². The van der Waals surface area contributed by atoms with Gasteiger partial charge in [0.05, 0.1) is 10.6 Å². The first-order valence-electron chi connectivity index (χ1n) is 10.9. The predicted octanol–water partition coefficient (Wildman–Crippen LogP) is 4.05. The lowest BCUT2D eigenvalue weighted by atomic mass is 9.95. The Hall–Kier alpha value is -3.24. The predicted molar refractivity (Wildman–Crippen MR) is 133 cm³/mol. The maximum atomic E-state index is 13.0. The zero-order chi connectivity index (χ0) is 24.3. The van der Waals surface area contributed by atoms with Crippen LogP contribution >= 0.6 is 11.3 Å². The lowest BCUT2D eigenvalue weighted by Gasteiger charge is -2.31. The summed E-state index contributed by atoms with van der Waals surface area (Å²) in [4.78, 5) is 31.5. The highest BCUT2D eigenvalue weighted by Gasteiger charge is 2.29. The minimum Gasteiger partial charge on any atom is -0.339 e. The molecule has 4 rings (SSSR count). The molecule has 178 valence electrons. The molecule has 1 aliphatic rings. The molecule has 2 heterocycles.